The highest BCUT2D eigenvalue weighted by Crippen LogP contribution is 2.20. The number of hydrogen-bond donors (Lipinski definition) is 1. The van der Waals surface area contributed by atoms with Gasteiger partial charge in [0.25, 0.3) is 0 Å². The summed E-state index contributed by atoms with van der Waals surface area (Å²) in [5, 5.41) is 4.11. The normalized spacial score (nSPS) is 12.4. The van der Waals surface area contributed by atoms with Gasteiger partial charge in [-0.15, -0.1) is 0 Å². The first-order chi connectivity index (χ1) is 9.20. The molecular formula is C16H17ClFN. The van der Waals surface area contributed by atoms with Gasteiger partial charge in [0.2, 0.25) is 0 Å². The summed E-state index contributed by atoms with van der Waals surface area (Å²) in [4.78, 5) is 0. The second kappa shape index (κ2) is 6.69. The maximum Gasteiger partial charge on any atom is 0.127 e. The minimum Gasteiger partial charge on any atom is -0.306 e. The van der Waals surface area contributed by atoms with Crippen LogP contribution in [0.1, 0.15) is 30.5 Å². The largest absolute Gasteiger partial charge is 0.306 e. The molecule has 2 rings (SSSR count). The first-order valence-corrected chi connectivity index (χ1v) is 6.80. The van der Waals surface area contributed by atoms with Crippen molar-refractivity contribution in [1.29, 1.82) is 0 Å². The first-order valence-electron chi connectivity index (χ1n) is 6.43. The van der Waals surface area contributed by atoms with E-state index in [1.807, 2.05) is 43.3 Å². The van der Waals surface area contributed by atoms with Crippen molar-refractivity contribution in [2.24, 2.45) is 0 Å². The van der Waals surface area contributed by atoms with Crippen LogP contribution in [0.15, 0.2) is 48.5 Å². The number of hydrogen-bond acceptors (Lipinski definition) is 1. The molecular weight excluding hydrogens is 261 g/mol. The maximum atomic E-state index is 13.7. The Kier molecular flexibility index (Phi) is 4.94. The zero-order chi connectivity index (χ0) is 13.7. The molecule has 3 heteroatoms. The summed E-state index contributed by atoms with van der Waals surface area (Å²) in [6, 6.07) is 14.6. The van der Waals surface area contributed by atoms with E-state index < -0.39 is 0 Å². The number of rotatable bonds is 5. The molecule has 0 saturated heterocycles. The summed E-state index contributed by atoms with van der Waals surface area (Å²) in [6.45, 7) is 2.75. The fourth-order valence-electron chi connectivity index (χ4n) is 2.08. The smallest absolute Gasteiger partial charge is 0.127 e. The fraction of sp³-hybridized carbons (Fsp3) is 0.250. The van der Waals surface area contributed by atoms with Crippen LogP contribution >= 0.6 is 11.6 Å². The third-order valence-corrected chi connectivity index (χ3v) is 3.41. The molecule has 0 saturated carbocycles. The Morgan fingerprint density at radius 1 is 1.11 bits per heavy atom. The van der Waals surface area contributed by atoms with E-state index in [4.69, 9.17) is 11.6 Å². The third kappa shape index (κ3) is 3.79. The van der Waals surface area contributed by atoms with Crippen molar-refractivity contribution in [2.45, 2.75) is 25.9 Å². The third-order valence-electron chi connectivity index (χ3n) is 3.15. The monoisotopic (exact) mass is 277 g/mol. The molecule has 0 heterocycles. The van der Waals surface area contributed by atoms with Crippen molar-refractivity contribution in [2.75, 3.05) is 0 Å². The number of halogens is 2. The van der Waals surface area contributed by atoms with Crippen LogP contribution in [-0.2, 0) is 6.54 Å². The van der Waals surface area contributed by atoms with Gasteiger partial charge in [0.05, 0.1) is 0 Å². The van der Waals surface area contributed by atoms with Crippen molar-refractivity contribution < 1.29 is 4.39 Å². The molecule has 2 aromatic rings. The van der Waals surface area contributed by atoms with E-state index in [1.165, 1.54) is 6.07 Å². The second-order valence-electron chi connectivity index (χ2n) is 4.49. The fourth-order valence-corrected chi connectivity index (χ4v) is 2.20. The topological polar surface area (TPSA) is 12.0 Å². The van der Waals surface area contributed by atoms with Gasteiger partial charge in [0, 0.05) is 23.2 Å². The summed E-state index contributed by atoms with van der Waals surface area (Å²) < 4.78 is 13.7. The van der Waals surface area contributed by atoms with Gasteiger partial charge >= 0.3 is 0 Å². The summed E-state index contributed by atoms with van der Waals surface area (Å²) in [5.41, 5.74) is 1.86. The van der Waals surface area contributed by atoms with E-state index >= 15 is 0 Å². The maximum absolute atomic E-state index is 13.7. The Labute approximate surface area is 118 Å². The molecule has 1 unspecified atom stereocenters. The summed E-state index contributed by atoms with van der Waals surface area (Å²) >= 11 is 5.85. The van der Waals surface area contributed by atoms with Crippen molar-refractivity contribution in [3.8, 4) is 0 Å². The Balaban J connectivity index is 2.04. The standard InChI is InChI=1S/C16H17ClFN/c1-2-16(14-5-3-4-6-15(14)18)19-11-12-7-9-13(17)10-8-12/h3-10,16,19H,2,11H2,1H3. The lowest BCUT2D eigenvalue weighted by molar-refractivity contribution is 0.488. The van der Waals surface area contributed by atoms with E-state index in [2.05, 4.69) is 5.32 Å². The lowest BCUT2D eigenvalue weighted by atomic mass is 10.0. The van der Waals surface area contributed by atoms with E-state index in [1.54, 1.807) is 6.07 Å². The van der Waals surface area contributed by atoms with Gasteiger partial charge in [0.1, 0.15) is 5.82 Å². The highest BCUT2D eigenvalue weighted by atomic mass is 35.5. The molecule has 0 radical (unpaired) electrons. The van der Waals surface area contributed by atoms with Crippen LogP contribution in [0.2, 0.25) is 5.02 Å². The Morgan fingerprint density at radius 3 is 2.42 bits per heavy atom. The van der Waals surface area contributed by atoms with Crippen molar-refractivity contribution >= 4 is 11.6 Å². The lowest BCUT2D eigenvalue weighted by Crippen LogP contribution is -2.21. The molecule has 0 aromatic heterocycles. The number of benzene rings is 2. The SMILES string of the molecule is CCC(NCc1ccc(Cl)cc1)c1ccccc1F. The molecule has 1 atom stereocenters. The quantitative estimate of drug-likeness (QED) is 0.834. The minimum absolute atomic E-state index is 0.0249. The Hall–Kier alpha value is -1.38. The van der Waals surface area contributed by atoms with Crippen LogP contribution < -0.4 is 5.32 Å². The highest BCUT2D eigenvalue weighted by Gasteiger charge is 2.12. The van der Waals surface area contributed by atoms with Crippen LogP contribution in [0.4, 0.5) is 4.39 Å². The molecule has 0 aliphatic heterocycles. The molecule has 19 heavy (non-hydrogen) atoms. The van der Waals surface area contributed by atoms with E-state index in [0.717, 1.165) is 22.6 Å². The molecule has 0 aliphatic carbocycles. The van der Waals surface area contributed by atoms with Crippen LogP contribution in [0.25, 0.3) is 0 Å². The zero-order valence-corrected chi connectivity index (χ0v) is 11.6. The van der Waals surface area contributed by atoms with Crippen LogP contribution in [0.3, 0.4) is 0 Å². The van der Waals surface area contributed by atoms with Gasteiger partial charge in [-0.05, 0) is 30.2 Å². The predicted molar refractivity (Wildman–Crippen MR) is 77.7 cm³/mol. The number of nitrogens with one attached hydrogen (secondary N) is 1. The van der Waals surface area contributed by atoms with Gasteiger partial charge in [-0.1, -0.05) is 48.9 Å². The average molecular weight is 278 g/mol. The van der Waals surface area contributed by atoms with Crippen LogP contribution in [-0.4, -0.2) is 0 Å². The summed E-state index contributed by atoms with van der Waals surface area (Å²) in [6.07, 6.45) is 0.842. The minimum atomic E-state index is -0.155. The molecule has 0 bridgehead atoms. The molecule has 100 valence electrons. The summed E-state index contributed by atoms with van der Waals surface area (Å²) in [7, 11) is 0. The molecule has 1 nitrogen and oxygen atoms in total. The van der Waals surface area contributed by atoms with Gasteiger partial charge < -0.3 is 5.32 Å². The second-order valence-corrected chi connectivity index (χ2v) is 4.93. The van der Waals surface area contributed by atoms with E-state index in [-0.39, 0.29) is 11.9 Å². The van der Waals surface area contributed by atoms with Gasteiger partial charge in [-0.2, -0.15) is 0 Å². The van der Waals surface area contributed by atoms with E-state index in [0.29, 0.717) is 6.54 Å². The molecule has 0 amide bonds. The van der Waals surface area contributed by atoms with Crippen molar-refractivity contribution in [3.05, 3.63) is 70.5 Å². The molecule has 0 fully saturated rings. The summed E-state index contributed by atoms with van der Waals surface area (Å²) in [5.74, 6) is -0.155. The molecule has 1 N–H and O–H groups in total. The zero-order valence-electron chi connectivity index (χ0n) is 10.9. The Morgan fingerprint density at radius 2 is 1.79 bits per heavy atom. The van der Waals surface area contributed by atoms with Gasteiger partial charge in [-0.3, -0.25) is 0 Å². The van der Waals surface area contributed by atoms with E-state index in [9.17, 15) is 4.39 Å². The predicted octanol–water partition coefficient (Wildman–Crippen LogP) is 4.72. The van der Waals surface area contributed by atoms with Crippen molar-refractivity contribution in [3.63, 3.8) is 0 Å². The average Bonchev–Trinajstić information content (AvgIpc) is 2.43. The lowest BCUT2D eigenvalue weighted by Gasteiger charge is -2.18. The van der Waals surface area contributed by atoms with Gasteiger partial charge in [0.15, 0.2) is 0 Å². The van der Waals surface area contributed by atoms with Crippen molar-refractivity contribution in [1.82, 2.24) is 5.32 Å². The van der Waals surface area contributed by atoms with Crippen LogP contribution in [0.5, 0.6) is 0 Å². The Bertz CT molecular complexity index is 525. The van der Waals surface area contributed by atoms with Crippen LogP contribution in [0, 0.1) is 5.82 Å². The first kappa shape index (κ1) is 14.0. The molecule has 0 spiro atoms. The van der Waals surface area contributed by atoms with Gasteiger partial charge in [-0.25, -0.2) is 4.39 Å². The molecule has 0 aliphatic rings. The molecule has 2 aromatic carbocycles. The highest BCUT2D eigenvalue weighted by molar-refractivity contribution is 6.30.